The molecule has 5 aromatic rings. The number of alkyl halides is 3. The maximum atomic E-state index is 15.1. The first-order valence-electron chi connectivity index (χ1n) is 19.1. The van der Waals surface area contributed by atoms with Crippen LogP contribution >= 0.6 is 11.3 Å². The van der Waals surface area contributed by atoms with Crippen molar-refractivity contribution >= 4 is 39.7 Å². The number of aromatic nitrogens is 2. The highest BCUT2D eigenvalue weighted by molar-refractivity contribution is 7.10. The van der Waals surface area contributed by atoms with E-state index < -0.39 is 34.9 Å². The van der Waals surface area contributed by atoms with Crippen molar-refractivity contribution in [3.8, 4) is 11.3 Å². The molecule has 0 spiro atoms. The van der Waals surface area contributed by atoms with E-state index >= 15 is 4.79 Å². The van der Waals surface area contributed by atoms with Crippen LogP contribution in [0.1, 0.15) is 93.1 Å². The van der Waals surface area contributed by atoms with Crippen LogP contribution in [0, 0.1) is 23.6 Å². The van der Waals surface area contributed by atoms with Crippen LogP contribution in [0.5, 0.6) is 0 Å². The maximum absolute atomic E-state index is 15.1. The third-order valence-electron chi connectivity index (χ3n) is 11.6. The van der Waals surface area contributed by atoms with E-state index in [1.165, 1.54) is 23.5 Å². The first-order chi connectivity index (χ1) is 26.2. The first-order valence-corrected chi connectivity index (χ1v) is 19.9. The molecule has 3 aromatic carbocycles. The van der Waals surface area contributed by atoms with Gasteiger partial charge in [-0.3, -0.25) is 14.4 Å². The number of fused-ring (bicyclic) bond motifs is 3. The molecule has 0 aliphatic heterocycles. The van der Waals surface area contributed by atoms with Gasteiger partial charge in [0.25, 0.3) is 0 Å². The number of hydrogen-bond donors (Lipinski definition) is 2. The maximum Gasteiger partial charge on any atom is 0.418 e. The smallest absolute Gasteiger partial charge is 0.358 e. The predicted molar refractivity (Wildman–Crippen MR) is 208 cm³/mol. The van der Waals surface area contributed by atoms with Gasteiger partial charge in [0.1, 0.15) is 17.1 Å². The minimum absolute atomic E-state index is 0.00895. The average molecular weight is 774 g/mol. The Hall–Kier alpha value is -4.64. The van der Waals surface area contributed by atoms with Crippen LogP contribution in [-0.2, 0) is 39.8 Å². The SMILES string of the molecule is CC[C@H](C)[C@H](CC(=O)Cc1ccccc1F)C(=O)N[C@]1(C(=O)C[C@H](c2nc(-c3ccccc3)cs2)[C@@H](C)CC)CCc2[nH]c3c(C(F)(F)F)cccc3c2C1. The van der Waals surface area contributed by atoms with Gasteiger partial charge in [-0.05, 0) is 47.9 Å². The summed E-state index contributed by atoms with van der Waals surface area (Å²) in [5, 5.41) is 6.29. The number of carbonyl (C=O) groups is 3. The molecule has 0 bridgehead atoms. The van der Waals surface area contributed by atoms with Crippen LogP contribution in [0.2, 0.25) is 0 Å². The quantitative estimate of drug-likeness (QED) is 0.104. The topological polar surface area (TPSA) is 91.9 Å². The number of amides is 1. The molecular weight excluding hydrogens is 727 g/mol. The molecule has 0 unspecified atom stereocenters. The summed E-state index contributed by atoms with van der Waals surface area (Å²) in [6.45, 7) is 7.92. The van der Waals surface area contributed by atoms with Crippen molar-refractivity contribution in [3.05, 3.63) is 111 Å². The molecule has 5 atom stereocenters. The van der Waals surface area contributed by atoms with Crippen LogP contribution in [0.4, 0.5) is 17.6 Å². The van der Waals surface area contributed by atoms with Crippen molar-refractivity contribution < 1.29 is 31.9 Å². The zero-order chi connectivity index (χ0) is 39.5. The van der Waals surface area contributed by atoms with Gasteiger partial charge in [-0.1, -0.05) is 101 Å². The molecule has 6 rings (SSSR count). The predicted octanol–water partition coefficient (Wildman–Crippen LogP) is 10.4. The summed E-state index contributed by atoms with van der Waals surface area (Å²) < 4.78 is 56.9. The monoisotopic (exact) mass is 773 g/mol. The van der Waals surface area contributed by atoms with Crippen molar-refractivity contribution in [2.24, 2.45) is 17.8 Å². The molecule has 2 aromatic heterocycles. The second-order valence-electron chi connectivity index (χ2n) is 15.1. The Bertz CT molecular complexity index is 2160. The second-order valence-corrected chi connectivity index (χ2v) is 16.0. The van der Waals surface area contributed by atoms with E-state index in [1.807, 2.05) is 49.6 Å². The minimum atomic E-state index is -4.59. The third-order valence-corrected chi connectivity index (χ3v) is 12.6. The Balaban J connectivity index is 1.37. The highest BCUT2D eigenvalue weighted by atomic mass is 32.1. The summed E-state index contributed by atoms with van der Waals surface area (Å²) in [4.78, 5) is 51.0. The number of nitrogens with zero attached hydrogens (tertiary/aromatic N) is 1. The average Bonchev–Trinajstić information content (AvgIpc) is 3.81. The van der Waals surface area contributed by atoms with Gasteiger partial charge in [0.2, 0.25) is 5.91 Å². The number of para-hydroxylation sites is 1. The Morgan fingerprint density at radius 3 is 2.33 bits per heavy atom. The van der Waals surface area contributed by atoms with Gasteiger partial charge >= 0.3 is 6.18 Å². The van der Waals surface area contributed by atoms with Crippen molar-refractivity contribution in [3.63, 3.8) is 0 Å². The fraction of sp³-hybridized carbons (Fsp3) is 0.409. The number of Topliss-reactive ketones (excluding diaryl/α,β-unsaturated/α-hetero) is 2. The number of carbonyl (C=O) groups excluding carboxylic acids is 3. The molecule has 1 aliphatic rings. The third kappa shape index (κ3) is 8.62. The van der Waals surface area contributed by atoms with Gasteiger partial charge in [-0.2, -0.15) is 13.2 Å². The van der Waals surface area contributed by atoms with Crippen molar-refractivity contribution in [1.29, 1.82) is 0 Å². The second kappa shape index (κ2) is 16.6. The van der Waals surface area contributed by atoms with E-state index in [0.29, 0.717) is 23.1 Å². The Morgan fingerprint density at radius 1 is 0.927 bits per heavy atom. The fourth-order valence-corrected chi connectivity index (χ4v) is 8.93. The number of aryl methyl sites for hydroxylation is 1. The molecule has 1 amide bonds. The first kappa shape index (κ1) is 40.0. The zero-order valence-electron chi connectivity index (χ0n) is 31.6. The molecule has 2 N–H and O–H groups in total. The number of benzene rings is 3. The molecule has 11 heteroatoms. The largest absolute Gasteiger partial charge is 0.418 e. The molecule has 1 aliphatic carbocycles. The number of thiazole rings is 1. The van der Waals surface area contributed by atoms with Crippen LogP contribution in [0.15, 0.2) is 78.2 Å². The number of ketones is 2. The lowest BCUT2D eigenvalue weighted by Gasteiger charge is -2.39. The fourth-order valence-electron chi connectivity index (χ4n) is 7.87. The summed E-state index contributed by atoms with van der Waals surface area (Å²) in [6.07, 6.45) is -3.13. The highest BCUT2D eigenvalue weighted by Gasteiger charge is 2.47. The van der Waals surface area contributed by atoms with E-state index in [2.05, 4.69) is 24.1 Å². The minimum Gasteiger partial charge on any atom is -0.358 e. The zero-order valence-corrected chi connectivity index (χ0v) is 32.4. The summed E-state index contributed by atoms with van der Waals surface area (Å²) in [5.41, 5.74) is 0.891. The van der Waals surface area contributed by atoms with Gasteiger partial charge < -0.3 is 10.3 Å². The molecule has 0 saturated heterocycles. The number of halogens is 4. The standard InChI is InChI=1S/C44H47F4N3O3S/c1-5-26(3)32(22-30(52)21-29-15-10-11-18-36(29)45)41(54)51-43(20-19-37-34(24-43)31-16-12-17-35(40(31)49-37)44(46,47)48)39(53)23-33(27(4)6-2)42-50-38(25-55-42)28-13-8-7-9-14-28/h7-18,25-27,32-33,49H,5-6,19-24H2,1-4H3,(H,51,54)/t26-,27-,32-,33-,43+/m0/s1. The van der Waals surface area contributed by atoms with Crippen molar-refractivity contribution in [1.82, 2.24) is 15.3 Å². The number of nitrogens with one attached hydrogen (secondary N) is 2. The van der Waals surface area contributed by atoms with E-state index in [0.717, 1.165) is 28.8 Å². The molecule has 2 heterocycles. The normalized spacial score (nSPS) is 18.0. The Kier molecular flexibility index (Phi) is 12.1. The molecule has 6 nitrogen and oxygen atoms in total. The van der Waals surface area contributed by atoms with Crippen LogP contribution in [-0.4, -0.2) is 33.0 Å². The van der Waals surface area contributed by atoms with Crippen molar-refractivity contribution in [2.75, 3.05) is 0 Å². The lowest BCUT2D eigenvalue weighted by atomic mass is 9.72. The van der Waals surface area contributed by atoms with Gasteiger partial charge in [-0.15, -0.1) is 11.3 Å². The molecule has 0 saturated carbocycles. The molecule has 55 heavy (non-hydrogen) atoms. The summed E-state index contributed by atoms with van der Waals surface area (Å²) in [7, 11) is 0. The summed E-state index contributed by atoms with van der Waals surface area (Å²) >= 11 is 1.49. The van der Waals surface area contributed by atoms with Gasteiger partial charge in [0.15, 0.2) is 5.78 Å². The number of aromatic amines is 1. The van der Waals surface area contributed by atoms with Gasteiger partial charge in [0.05, 0.1) is 21.8 Å². The Morgan fingerprint density at radius 2 is 1.64 bits per heavy atom. The molecule has 0 radical (unpaired) electrons. The van der Waals surface area contributed by atoms with Crippen LogP contribution < -0.4 is 5.32 Å². The summed E-state index contributed by atoms with van der Waals surface area (Å²) in [6, 6.07) is 19.8. The Labute approximate surface area is 323 Å². The van der Waals surface area contributed by atoms with Crippen LogP contribution in [0.3, 0.4) is 0 Å². The highest BCUT2D eigenvalue weighted by Crippen LogP contribution is 2.43. The molecule has 0 fully saturated rings. The molecule has 290 valence electrons. The number of hydrogen-bond acceptors (Lipinski definition) is 5. The van der Waals surface area contributed by atoms with Crippen molar-refractivity contribution in [2.45, 2.75) is 96.7 Å². The summed E-state index contributed by atoms with van der Waals surface area (Å²) in [5.74, 6) is -2.78. The van der Waals surface area contributed by atoms with E-state index in [4.69, 9.17) is 4.98 Å². The van der Waals surface area contributed by atoms with E-state index in [-0.39, 0.29) is 78.9 Å². The van der Waals surface area contributed by atoms with E-state index in [9.17, 15) is 27.2 Å². The lowest BCUT2D eigenvalue weighted by Crippen LogP contribution is -2.59. The van der Waals surface area contributed by atoms with Gasteiger partial charge in [-0.25, -0.2) is 9.37 Å². The van der Waals surface area contributed by atoms with Crippen LogP contribution in [0.25, 0.3) is 22.2 Å². The lowest BCUT2D eigenvalue weighted by molar-refractivity contribution is -0.137. The van der Waals surface area contributed by atoms with E-state index in [1.54, 1.807) is 24.3 Å². The number of rotatable bonds is 15. The van der Waals surface area contributed by atoms with Gasteiger partial charge in [0, 0.05) is 59.5 Å². The number of H-pyrrole nitrogens is 1. The molecular formula is C44H47F4N3O3S.